The van der Waals surface area contributed by atoms with E-state index < -0.39 is 5.54 Å². The number of nitrogens with two attached hydrogens (primary N) is 1. The predicted molar refractivity (Wildman–Crippen MR) is 124 cm³/mol. The van der Waals surface area contributed by atoms with Crippen LogP contribution >= 0.6 is 0 Å². The molecule has 1 aliphatic rings. The van der Waals surface area contributed by atoms with Gasteiger partial charge in [-0.2, -0.15) is 0 Å². The minimum absolute atomic E-state index is 0.126. The van der Waals surface area contributed by atoms with E-state index in [1.54, 1.807) is 0 Å². The second-order valence-corrected chi connectivity index (χ2v) is 7.98. The molecule has 0 fully saturated rings. The van der Waals surface area contributed by atoms with Gasteiger partial charge in [0.05, 0.1) is 11.6 Å². The molecule has 0 unspecified atom stereocenters. The second kappa shape index (κ2) is 7.56. The van der Waals surface area contributed by atoms with Crippen LogP contribution in [0, 0.1) is 0 Å². The van der Waals surface area contributed by atoms with Crippen LogP contribution in [0.5, 0.6) is 0 Å². The Hall–Kier alpha value is -3.20. The number of hydrogen-bond donors (Lipinski definition) is 1. The predicted octanol–water partition coefficient (Wildman–Crippen LogP) is 5.59. The summed E-state index contributed by atoms with van der Waals surface area (Å²) in [5.74, 6) is 0. The second-order valence-electron chi connectivity index (χ2n) is 7.98. The van der Waals surface area contributed by atoms with Crippen molar-refractivity contribution >= 4 is 0 Å². The van der Waals surface area contributed by atoms with Crippen molar-refractivity contribution in [2.75, 3.05) is 13.6 Å². The number of nitrogens with zero attached hydrogens (tertiary/aromatic N) is 1. The molecule has 30 heavy (non-hydrogen) atoms. The lowest BCUT2D eigenvalue weighted by Gasteiger charge is -2.46. The fourth-order valence-corrected chi connectivity index (χ4v) is 5.15. The molecule has 2 nitrogen and oxygen atoms in total. The molecule has 0 saturated carbocycles. The smallest absolute Gasteiger partial charge is 0.0845 e. The maximum absolute atomic E-state index is 6.64. The molecule has 2 N–H and O–H groups in total. The lowest BCUT2D eigenvalue weighted by Crippen LogP contribution is -2.51. The van der Waals surface area contributed by atoms with Crippen molar-refractivity contribution in [3.8, 4) is 11.1 Å². The Balaban J connectivity index is 1.76. The van der Waals surface area contributed by atoms with E-state index in [0.717, 1.165) is 0 Å². The number of hydrogen-bond acceptors (Lipinski definition) is 2. The van der Waals surface area contributed by atoms with Crippen molar-refractivity contribution in [3.05, 3.63) is 131 Å². The Kier molecular flexibility index (Phi) is 4.74. The van der Waals surface area contributed by atoms with Crippen molar-refractivity contribution in [2.24, 2.45) is 5.73 Å². The third-order valence-corrected chi connectivity index (χ3v) is 6.59. The standard InChI is InChI=1S/C28H26N2/c1-30(27-25-18-10-8-16-23(25)24-17-9-11-19-26(24)27)28(20-29,21-12-4-2-5-13-21)22-14-6-3-7-15-22/h2-19,27H,20,29H2,1H3. The average Bonchev–Trinajstić information content (AvgIpc) is 3.16. The van der Waals surface area contributed by atoms with Gasteiger partial charge < -0.3 is 5.73 Å². The van der Waals surface area contributed by atoms with Gasteiger partial charge in [-0.05, 0) is 40.4 Å². The molecule has 0 aliphatic heterocycles. The number of rotatable bonds is 5. The van der Waals surface area contributed by atoms with Gasteiger partial charge in [0.15, 0.2) is 0 Å². The highest BCUT2D eigenvalue weighted by Gasteiger charge is 2.44. The monoisotopic (exact) mass is 390 g/mol. The summed E-state index contributed by atoms with van der Waals surface area (Å²) < 4.78 is 0. The van der Waals surface area contributed by atoms with Gasteiger partial charge in [0.25, 0.3) is 0 Å². The summed E-state index contributed by atoms with van der Waals surface area (Å²) in [7, 11) is 2.22. The van der Waals surface area contributed by atoms with E-state index in [1.165, 1.54) is 33.4 Å². The Morgan fingerprint density at radius 1 is 0.633 bits per heavy atom. The molecule has 0 heterocycles. The van der Waals surface area contributed by atoms with Crippen LogP contribution in [-0.4, -0.2) is 18.5 Å². The molecule has 2 heteroatoms. The zero-order valence-corrected chi connectivity index (χ0v) is 17.2. The van der Waals surface area contributed by atoms with E-state index in [2.05, 4.69) is 121 Å². The van der Waals surface area contributed by atoms with Gasteiger partial charge in [-0.3, -0.25) is 4.90 Å². The van der Waals surface area contributed by atoms with Gasteiger partial charge in [0.2, 0.25) is 0 Å². The first-order chi connectivity index (χ1) is 14.8. The van der Waals surface area contributed by atoms with Crippen molar-refractivity contribution in [2.45, 2.75) is 11.6 Å². The highest BCUT2D eigenvalue weighted by atomic mass is 15.2. The quantitative estimate of drug-likeness (QED) is 0.481. The zero-order valence-electron chi connectivity index (χ0n) is 17.2. The van der Waals surface area contributed by atoms with E-state index in [9.17, 15) is 0 Å². The number of fused-ring (bicyclic) bond motifs is 3. The summed E-state index contributed by atoms with van der Waals surface area (Å²) in [5.41, 5.74) is 13.9. The highest BCUT2D eigenvalue weighted by molar-refractivity contribution is 5.78. The first-order valence-corrected chi connectivity index (χ1v) is 10.5. The summed E-state index contributed by atoms with van der Waals surface area (Å²) in [5, 5.41) is 0. The molecule has 0 aromatic heterocycles. The van der Waals surface area contributed by atoms with Crippen molar-refractivity contribution in [1.82, 2.24) is 4.90 Å². The Morgan fingerprint density at radius 3 is 1.47 bits per heavy atom. The zero-order chi connectivity index (χ0) is 20.6. The first-order valence-electron chi connectivity index (χ1n) is 10.5. The Bertz CT molecular complexity index is 1070. The molecule has 0 bridgehead atoms. The molecular weight excluding hydrogens is 364 g/mol. The third-order valence-electron chi connectivity index (χ3n) is 6.59. The van der Waals surface area contributed by atoms with Crippen LogP contribution in [0.1, 0.15) is 28.3 Å². The van der Waals surface area contributed by atoms with Crippen molar-refractivity contribution < 1.29 is 0 Å². The SMILES string of the molecule is CN(C1c2ccccc2-c2ccccc21)C(CN)(c1ccccc1)c1ccccc1. The molecule has 0 spiro atoms. The van der Waals surface area contributed by atoms with Gasteiger partial charge in [-0.1, -0.05) is 109 Å². The molecule has 0 atom stereocenters. The Morgan fingerprint density at radius 2 is 1.03 bits per heavy atom. The van der Waals surface area contributed by atoms with Gasteiger partial charge in [-0.25, -0.2) is 0 Å². The summed E-state index contributed by atoms with van der Waals surface area (Å²) >= 11 is 0. The van der Waals surface area contributed by atoms with E-state index in [1.807, 2.05) is 0 Å². The van der Waals surface area contributed by atoms with E-state index in [4.69, 9.17) is 5.73 Å². The topological polar surface area (TPSA) is 29.3 Å². The van der Waals surface area contributed by atoms with Crippen LogP contribution in [-0.2, 0) is 5.54 Å². The van der Waals surface area contributed by atoms with Crippen LogP contribution < -0.4 is 5.73 Å². The van der Waals surface area contributed by atoms with E-state index >= 15 is 0 Å². The normalized spacial score (nSPS) is 13.3. The molecule has 0 amide bonds. The van der Waals surface area contributed by atoms with E-state index in [-0.39, 0.29) is 6.04 Å². The maximum atomic E-state index is 6.64. The first kappa shape index (κ1) is 18.8. The van der Waals surface area contributed by atoms with Gasteiger partial charge in [0.1, 0.15) is 0 Å². The highest BCUT2D eigenvalue weighted by Crippen LogP contribution is 2.50. The number of benzene rings is 4. The average molecular weight is 391 g/mol. The molecule has 4 aromatic carbocycles. The third kappa shape index (κ3) is 2.72. The minimum Gasteiger partial charge on any atom is -0.328 e. The molecule has 0 saturated heterocycles. The van der Waals surface area contributed by atoms with Crippen LogP contribution in [0.25, 0.3) is 11.1 Å². The number of likely N-dealkylation sites (N-methyl/N-ethyl adjacent to an activating group) is 1. The Labute approximate surface area is 178 Å². The summed E-state index contributed by atoms with van der Waals surface area (Å²) in [4.78, 5) is 2.47. The fraction of sp³-hybridized carbons (Fsp3) is 0.143. The summed E-state index contributed by atoms with van der Waals surface area (Å²) in [6.45, 7) is 0.484. The van der Waals surface area contributed by atoms with Crippen LogP contribution in [0.15, 0.2) is 109 Å². The molecular formula is C28H26N2. The van der Waals surface area contributed by atoms with Gasteiger partial charge >= 0.3 is 0 Å². The summed E-state index contributed by atoms with van der Waals surface area (Å²) in [6, 6.07) is 39.0. The lowest BCUT2D eigenvalue weighted by molar-refractivity contribution is 0.131. The largest absolute Gasteiger partial charge is 0.328 e. The van der Waals surface area contributed by atoms with Crippen molar-refractivity contribution in [3.63, 3.8) is 0 Å². The molecule has 1 aliphatic carbocycles. The maximum Gasteiger partial charge on any atom is 0.0845 e. The van der Waals surface area contributed by atoms with E-state index in [0.29, 0.717) is 6.54 Å². The van der Waals surface area contributed by atoms with Gasteiger partial charge in [0, 0.05) is 6.54 Å². The molecule has 0 radical (unpaired) electrons. The van der Waals surface area contributed by atoms with Crippen LogP contribution in [0.3, 0.4) is 0 Å². The van der Waals surface area contributed by atoms with Crippen molar-refractivity contribution in [1.29, 1.82) is 0 Å². The lowest BCUT2D eigenvalue weighted by atomic mass is 9.79. The van der Waals surface area contributed by atoms with Crippen LogP contribution in [0.4, 0.5) is 0 Å². The van der Waals surface area contributed by atoms with Gasteiger partial charge in [-0.15, -0.1) is 0 Å². The summed E-state index contributed by atoms with van der Waals surface area (Å²) in [6.07, 6.45) is 0. The fourth-order valence-electron chi connectivity index (χ4n) is 5.15. The molecule has 148 valence electrons. The molecule has 4 aromatic rings. The van der Waals surface area contributed by atoms with Crippen LogP contribution in [0.2, 0.25) is 0 Å². The minimum atomic E-state index is -0.447. The molecule has 5 rings (SSSR count).